The van der Waals surface area contributed by atoms with Crippen LogP contribution in [-0.2, 0) is 0 Å². The first kappa shape index (κ1) is 18.4. The zero-order valence-electron chi connectivity index (χ0n) is 16.7. The number of piperidine rings is 1. The molecule has 0 saturated carbocycles. The van der Waals surface area contributed by atoms with Crippen molar-refractivity contribution in [3.8, 4) is 11.5 Å². The Balaban J connectivity index is 1.40. The largest absolute Gasteiger partial charge is 0.343 e. The number of pyridine rings is 1. The number of carbonyl (C=O) groups excluding carboxylic acids is 1. The van der Waals surface area contributed by atoms with E-state index in [-0.39, 0.29) is 11.8 Å². The van der Waals surface area contributed by atoms with E-state index in [4.69, 9.17) is 0 Å². The number of likely N-dealkylation sites (tertiary alicyclic amines) is 1. The number of H-pyrrole nitrogens is 1. The minimum Gasteiger partial charge on any atom is -0.343 e. The second-order valence-electron chi connectivity index (χ2n) is 7.67. The molecule has 150 valence electrons. The summed E-state index contributed by atoms with van der Waals surface area (Å²) >= 11 is 0. The van der Waals surface area contributed by atoms with Crippen molar-refractivity contribution in [3.05, 3.63) is 72.1 Å². The quantitative estimate of drug-likeness (QED) is 0.568. The van der Waals surface area contributed by atoms with Crippen LogP contribution in [0.3, 0.4) is 0 Å². The van der Waals surface area contributed by atoms with Gasteiger partial charge in [-0.25, -0.2) is 15.0 Å². The molecule has 3 aromatic heterocycles. The normalized spacial score (nSPS) is 16.7. The number of amides is 1. The number of imidazole rings is 1. The van der Waals surface area contributed by atoms with Gasteiger partial charge in [0.1, 0.15) is 11.5 Å². The number of carbonyl (C=O) groups is 1. The Morgan fingerprint density at radius 2 is 2.07 bits per heavy atom. The van der Waals surface area contributed by atoms with Crippen molar-refractivity contribution >= 4 is 16.8 Å². The van der Waals surface area contributed by atoms with Gasteiger partial charge in [0.25, 0.3) is 5.91 Å². The molecule has 1 amide bonds. The molecule has 0 spiro atoms. The average molecular weight is 398 g/mol. The number of aromatic nitrogens is 5. The van der Waals surface area contributed by atoms with E-state index in [1.165, 1.54) is 0 Å². The first-order valence-corrected chi connectivity index (χ1v) is 10.2. The fourth-order valence-corrected chi connectivity index (χ4v) is 4.10. The molecule has 0 aliphatic carbocycles. The molecule has 1 aliphatic rings. The number of nitrogens with zero attached hydrogens (tertiary/aromatic N) is 5. The summed E-state index contributed by atoms with van der Waals surface area (Å²) in [6.07, 6.45) is 7.11. The highest BCUT2D eigenvalue weighted by atomic mass is 16.2. The number of rotatable bonds is 3. The first-order valence-electron chi connectivity index (χ1n) is 10.2. The summed E-state index contributed by atoms with van der Waals surface area (Å²) < 4.78 is 0. The lowest BCUT2D eigenvalue weighted by molar-refractivity contribution is 0.0705. The molecular weight excluding hydrogens is 376 g/mol. The van der Waals surface area contributed by atoms with E-state index < -0.39 is 0 Å². The highest BCUT2D eigenvalue weighted by molar-refractivity contribution is 5.97. The Morgan fingerprint density at radius 3 is 2.93 bits per heavy atom. The van der Waals surface area contributed by atoms with Crippen LogP contribution in [0.15, 0.2) is 55.0 Å². The maximum atomic E-state index is 13.2. The minimum absolute atomic E-state index is 0.0231. The molecule has 1 saturated heterocycles. The highest BCUT2D eigenvalue weighted by Gasteiger charge is 2.27. The van der Waals surface area contributed by atoms with E-state index in [0.717, 1.165) is 47.5 Å². The van der Waals surface area contributed by atoms with Crippen LogP contribution in [0.4, 0.5) is 0 Å². The summed E-state index contributed by atoms with van der Waals surface area (Å²) in [6.45, 7) is 3.28. The van der Waals surface area contributed by atoms with E-state index in [1.54, 1.807) is 18.6 Å². The van der Waals surface area contributed by atoms with Gasteiger partial charge >= 0.3 is 0 Å². The lowest BCUT2D eigenvalue weighted by Gasteiger charge is -2.32. The Morgan fingerprint density at radius 1 is 1.17 bits per heavy atom. The molecule has 1 atom stereocenters. The summed E-state index contributed by atoms with van der Waals surface area (Å²) in [7, 11) is 0. The number of fused-ring (bicyclic) bond motifs is 1. The molecule has 4 aromatic rings. The third-order valence-electron chi connectivity index (χ3n) is 5.56. The van der Waals surface area contributed by atoms with Gasteiger partial charge in [-0.3, -0.25) is 9.78 Å². The van der Waals surface area contributed by atoms with Gasteiger partial charge in [0.2, 0.25) is 0 Å². The molecule has 1 N–H and O–H groups in total. The topological polar surface area (TPSA) is 87.7 Å². The van der Waals surface area contributed by atoms with Crippen LogP contribution in [0.1, 0.15) is 40.6 Å². The van der Waals surface area contributed by atoms with Crippen molar-refractivity contribution in [1.29, 1.82) is 0 Å². The second kappa shape index (κ2) is 7.67. The molecule has 5 rings (SSSR count). The Hall–Kier alpha value is -3.61. The summed E-state index contributed by atoms with van der Waals surface area (Å²) in [4.78, 5) is 36.1. The van der Waals surface area contributed by atoms with Gasteiger partial charge in [-0.2, -0.15) is 0 Å². The van der Waals surface area contributed by atoms with Crippen LogP contribution in [0.5, 0.6) is 0 Å². The number of nitrogens with one attached hydrogen (secondary N) is 1. The van der Waals surface area contributed by atoms with Gasteiger partial charge in [-0.1, -0.05) is 18.2 Å². The zero-order valence-corrected chi connectivity index (χ0v) is 16.7. The predicted octanol–water partition coefficient (Wildman–Crippen LogP) is 3.74. The molecule has 30 heavy (non-hydrogen) atoms. The van der Waals surface area contributed by atoms with Crippen molar-refractivity contribution in [2.75, 3.05) is 13.1 Å². The third kappa shape index (κ3) is 3.54. The molecule has 1 aliphatic heterocycles. The van der Waals surface area contributed by atoms with Gasteiger partial charge in [-0.15, -0.1) is 0 Å². The molecule has 7 nitrogen and oxygen atoms in total. The van der Waals surface area contributed by atoms with Crippen molar-refractivity contribution in [1.82, 2.24) is 29.8 Å². The van der Waals surface area contributed by atoms with Crippen LogP contribution in [0.2, 0.25) is 0 Å². The van der Waals surface area contributed by atoms with E-state index >= 15 is 0 Å². The van der Waals surface area contributed by atoms with E-state index in [0.29, 0.717) is 17.9 Å². The summed E-state index contributed by atoms with van der Waals surface area (Å²) in [5.74, 6) is 1.63. The van der Waals surface area contributed by atoms with Crippen molar-refractivity contribution in [2.24, 2.45) is 0 Å². The smallest absolute Gasteiger partial charge is 0.255 e. The lowest BCUT2D eigenvalue weighted by Crippen LogP contribution is -2.39. The van der Waals surface area contributed by atoms with Gasteiger partial charge < -0.3 is 9.88 Å². The van der Waals surface area contributed by atoms with E-state index in [9.17, 15) is 4.79 Å². The molecule has 1 aromatic carbocycles. The fraction of sp³-hybridized carbons (Fsp3) is 0.261. The maximum Gasteiger partial charge on any atom is 0.255 e. The van der Waals surface area contributed by atoms with Crippen LogP contribution in [0.25, 0.3) is 22.4 Å². The number of benzene rings is 1. The van der Waals surface area contributed by atoms with Crippen molar-refractivity contribution in [3.63, 3.8) is 0 Å². The van der Waals surface area contributed by atoms with Crippen LogP contribution >= 0.6 is 0 Å². The third-order valence-corrected chi connectivity index (χ3v) is 5.56. The van der Waals surface area contributed by atoms with Gasteiger partial charge in [0.15, 0.2) is 5.82 Å². The van der Waals surface area contributed by atoms with E-state index in [1.807, 2.05) is 48.2 Å². The van der Waals surface area contributed by atoms with Crippen LogP contribution in [0, 0.1) is 6.92 Å². The number of aryl methyl sites for hydroxylation is 1. The number of hydrogen-bond donors (Lipinski definition) is 1. The van der Waals surface area contributed by atoms with Crippen molar-refractivity contribution < 1.29 is 4.79 Å². The fourth-order valence-electron chi connectivity index (χ4n) is 4.10. The summed E-state index contributed by atoms with van der Waals surface area (Å²) in [6, 6.07) is 11.8. The molecule has 0 bridgehead atoms. The Bertz CT molecular complexity index is 1200. The Labute approximate surface area is 174 Å². The average Bonchev–Trinajstić information content (AvgIpc) is 3.33. The van der Waals surface area contributed by atoms with Crippen LogP contribution < -0.4 is 0 Å². The van der Waals surface area contributed by atoms with Gasteiger partial charge in [-0.05, 0) is 38.0 Å². The summed E-state index contributed by atoms with van der Waals surface area (Å²) in [5.41, 5.74) is 3.27. The van der Waals surface area contributed by atoms with E-state index in [2.05, 4.69) is 24.9 Å². The van der Waals surface area contributed by atoms with Gasteiger partial charge in [0, 0.05) is 48.7 Å². The molecule has 7 heteroatoms. The number of aromatic amines is 1. The molecular formula is C23H22N6O. The minimum atomic E-state index is 0.0231. The molecule has 4 heterocycles. The Kier molecular flexibility index (Phi) is 4.71. The first-order chi connectivity index (χ1) is 14.7. The van der Waals surface area contributed by atoms with Crippen molar-refractivity contribution in [2.45, 2.75) is 25.7 Å². The monoisotopic (exact) mass is 398 g/mol. The molecule has 1 fully saturated rings. The lowest BCUT2D eigenvalue weighted by atomic mass is 9.93. The second-order valence-corrected chi connectivity index (χ2v) is 7.67. The number of hydrogen-bond acceptors (Lipinski definition) is 5. The zero-order chi connectivity index (χ0) is 20.5. The SMILES string of the molecule is Cc1nc(-c2ncc[nH]2)cc([C@H]2CCCN(C(=O)c3cnc4ccccc4c3)C2)n1. The maximum absolute atomic E-state index is 13.2. The molecule has 0 unspecified atom stereocenters. The standard InChI is InChI=1S/C23H22N6O/c1-15-27-20(12-21(28-15)22-24-8-9-25-22)17-6-4-10-29(14-17)23(30)18-11-16-5-2-3-7-19(16)26-13-18/h2-3,5,7-9,11-13,17H,4,6,10,14H2,1H3,(H,24,25)/t17-/m0/s1. The highest BCUT2D eigenvalue weighted by Crippen LogP contribution is 2.28. The molecule has 0 radical (unpaired) electrons. The predicted molar refractivity (Wildman–Crippen MR) is 114 cm³/mol. The summed E-state index contributed by atoms with van der Waals surface area (Å²) in [5, 5.41) is 0.978. The van der Waals surface area contributed by atoms with Crippen LogP contribution in [-0.4, -0.2) is 48.8 Å². The number of para-hydroxylation sites is 1. The van der Waals surface area contributed by atoms with Gasteiger partial charge in [0.05, 0.1) is 11.1 Å².